The minimum Gasteiger partial charge on any atom is -0.280 e. The molecule has 0 atom stereocenters. The van der Waals surface area contributed by atoms with Crippen LogP contribution in [0.1, 0.15) is 20.3 Å². The predicted molar refractivity (Wildman–Crippen MR) is 51.7 cm³/mol. The Balaban J connectivity index is 2.60. The van der Waals surface area contributed by atoms with E-state index in [1.807, 2.05) is 0 Å². The van der Waals surface area contributed by atoms with Gasteiger partial charge in [0.15, 0.2) is 0 Å². The summed E-state index contributed by atoms with van der Waals surface area (Å²) in [5, 5.41) is 0. The monoisotopic (exact) mass is 170 g/mol. The third-order valence-electron chi connectivity index (χ3n) is 1.40. The zero-order chi connectivity index (χ0) is 8.27. The first kappa shape index (κ1) is 8.65. The molecule has 0 aromatic rings. The van der Waals surface area contributed by atoms with Crippen LogP contribution >= 0.6 is 11.9 Å². The van der Waals surface area contributed by atoms with Gasteiger partial charge in [0.1, 0.15) is 5.84 Å². The fraction of sp³-hybridized carbons (Fsp3) is 0.625. The Morgan fingerprint density at radius 1 is 1.64 bits per heavy atom. The van der Waals surface area contributed by atoms with Gasteiger partial charge in [-0.25, -0.2) is 0 Å². The highest BCUT2D eigenvalue weighted by Crippen LogP contribution is 2.17. The number of rotatable bonds is 2. The second-order valence-electron chi connectivity index (χ2n) is 2.74. The van der Waals surface area contributed by atoms with Gasteiger partial charge in [-0.15, -0.1) is 0 Å². The first-order valence-corrected chi connectivity index (χ1v) is 4.99. The van der Waals surface area contributed by atoms with Gasteiger partial charge in [-0.2, -0.15) is 0 Å². The highest BCUT2D eigenvalue weighted by Gasteiger charge is 2.11. The third-order valence-corrected chi connectivity index (χ3v) is 2.13. The van der Waals surface area contributed by atoms with Gasteiger partial charge >= 0.3 is 0 Å². The van der Waals surface area contributed by atoms with Gasteiger partial charge in [0.2, 0.25) is 0 Å². The van der Waals surface area contributed by atoms with Crippen LogP contribution in [-0.4, -0.2) is 22.4 Å². The highest BCUT2D eigenvalue weighted by molar-refractivity contribution is 7.96. The Morgan fingerprint density at radius 2 is 2.36 bits per heavy atom. The Labute approximate surface area is 72.5 Å². The first-order chi connectivity index (χ1) is 5.24. The Bertz CT molecular complexity index is 185. The van der Waals surface area contributed by atoms with Gasteiger partial charge in [-0.1, -0.05) is 6.08 Å². The molecule has 0 saturated carbocycles. The normalized spacial score (nSPS) is 20.7. The molecule has 1 aliphatic heterocycles. The molecule has 11 heavy (non-hydrogen) atoms. The number of hydrogen-bond acceptors (Lipinski definition) is 2. The third kappa shape index (κ3) is 2.26. The van der Waals surface area contributed by atoms with E-state index in [0.717, 1.165) is 6.42 Å². The van der Waals surface area contributed by atoms with E-state index in [-0.39, 0.29) is 0 Å². The molecule has 0 aromatic heterocycles. The molecule has 0 N–H and O–H groups in total. The molecule has 0 bridgehead atoms. The number of aliphatic imine (C=N–C) groups is 1. The molecule has 0 amide bonds. The van der Waals surface area contributed by atoms with Crippen molar-refractivity contribution in [3.05, 3.63) is 12.3 Å². The quantitative estimate of drug-likeness (QED) is 0.591. The van der Waals surface area contributed by atoms with Crippen LogP contribution in [0.2, 0.25) is 0 Å². The largest absolute Gasteiger partial charge is 0.280 e. The maximum atomic E-state index is 4.49. The summed E-state index contributed by atoms with van der Waals surface area (Å²) in [5.74, 6) is 1.17. The van der Waals surface area contributed by atoms with Gasteiger partial charge in [-0.3, -0.25) is 9.30 Å². The van der Waals surface area contributed by atoms with E-state index in [2.05, 4.69) is 41.7 Å². The van der Waals surface area contributed by atoms with Crippen molar-refractivity contribution in [1.29, 1.82) is 0 Å². The fourth-order valence-corrected chi connectivity index (χ4v) is 1.54. The predicted octanol–water partition coefficient (Wildman–Crippen LogP) is 2.29. The van der Waals surface area contributed by atoms with E-state index in [9.17, 15) is 0 Å². The number of amidine groups is 1. The topological polar surface area (TPSA) is 15.6 Å². The van der Waals surface area contributed by atoms with Crippen LogP contribution in [0, 0.1) is 0 Å². The number of hydrogen-bond donors (Lipinski definition) is 0. The molecular formula is C8H14N2S. The van der Waals surface area contributed by atoms with Gasteiger partial charge < -0.3 is 0 Å². The second kappa shape index (κ2) is 3.81. The van der Waals surface area contributed by atoms with E-state index < -0.39 is 0 Å². The molecule has 0 aromatic carbocycles. The minimum absolute atomic E-state index is 0.402. The van der Waals surface area contributed by atoms with Crippen molar-refractivity contribution in [2.24, 2.45) is 4.99 Å². The van der Waals surface area contributed by atoms with Crippen molar-refractivity contribution in [1.82, 2.24) is 4.31 Å². The lowest BCUT2D eigenvalue weighted by Gasteiger charge is -2.13. The summed E-state index contributed by atoms with van der Waals surface area (Å²) < 4.78 is 2.11. The van der Waals surface area contributed by atoms with Crippen LogP contribution in [0.15, 0.2) is 17.3 Å². The second-order valence-corrected chi connectivity index (χ2v) is 3.49. The fourth-order valence-electron chi connectivity index (χ4n) is 1.00. The Kier molecular flexibility index (Phi) is 3.00. The van der Waals surface area contributed by atoms with E-state index in [1.54, 1.807) is 11.9 Å². The SMILES string of the molecule is CSN1C=CC/C1=N\C(C)C. The lowest BCUT2D eigenvalue weighted by atomic mass is 10.4. The molecule has 2 nitrogen and oxygen atoms in total. The standard InChI is InChI=1S/C8H14N2S/c1-7(2)9-8-5-4-6-10(8)11-3/h4,6-7H,5H2,1-3H3/b9-8+. The van der Waals surface area contributed by atoms with Crippen molar-refractivity contribution >= 4 is 17.8 Å². The van der Waals surface area contributed by atoms with Crippen LogP contribution in [0.25, 0.3) is 0 Å². The zero-order valence-corrected chi connectivity index (χ0v) is 8.06. The smallest absolute Gasteiger partial charge is 0.117 e. The lowest BCUT2D eigenvalue weighted by molar-refractivity contribution is 0.802. The molecule has 0 spiro atoms. The molecule has 3 heteroatoms. The number of nitrogens with zero attached hydrogens (tertiary/aromatic N) is 2. The van der Waals surface area contributed by atoms with Crippen molar-refractivity contribution in [2.75, 3.05) is 6.26 Å². The van der Waals surface area contributed by atoms with Crippen molar-refractivity contribution in [3.8, 4) is 0 Å². The van der Waals surface area contributed by atoms with E-state index in [1.165, 1.54) is 5.84 Å². The van der Waals surface area contributed by atoms with Gasteiger partial charge in [0.05, 0.1) is 0 Å². The summed E-state index contributed by atoms with van der Waals surface area (Å²) in [7, 11) is 0. The van der Waals surface area contributed by atoms with E-state index in [4.69, 9.17) is 0 Å². The van der Waals surface area contributed by atoms with Crippen LogP contribution in [0.5, 0.6) is 0 Å². The molecule has 0 aliphatic carbocycles. The minimum atomic E-state index is 0.402. The molecule has 1 rings (SSSR count). The van der Waals surface area contributed by atoms with Crippen molar-refractivity contribution < 1.29 is 0 Å². The molecule has 62 valence electrons. The van der Waals surface area contributed by atoms with Crippen LogP contribution in [0.3, 0.4) is 0 Å². The Hall–Kier alpha value is -0.440. The summed E-state index contributed by atoms with van der Waals surface area (Å²) in [6.07, 6.45) is 7.26. The van der Waals surface area contributed by atoms with Gasteiger partial charge in [0.25, 0.3) is 0 Å². The Morgan fingerprint density at radius 3 is 2.91 bits per heavy atom. The van der Waals surface area contributed by atoms with E-state index >= 15 is 0 Å². The van der Waals surface area contributed by atoms with Crippen molar-refractivity contribution in [2.45, 2.75) is 26.3 Å². The summed E-state index contributed by atoms with van der Waals surface area (Å²) in [6, 6.07) is 0.402. The first-order valence-electron chi connectivity index (χ1n) is 3.80. The maximum Gasteiger partial charge on any atom is 0.117 e. The molecule has 0 saturated heterocycles. The van der Waals surface area contributed by atoms with Crippen LogP contribution in [0.4, 0.5) is 0 Å². The molecular weight excluding hydrogens is 156 g/mol. The van der Waals surface area contributed by atoms with Crippen LogP contribution < -0.4 is 0 Å². The summed E-state index contributed by atoms with van der Waals surface area (Å²) in [6.45, 7) is 4.20. The average molecular weight is 170 g/mol. The molecule has 0 radical (unpaired) electrons. The molecule has 1 aliphatic rings. The van der Waals surface area contributed by atoms with Gasteiger partial charge in [0, 0.05) is 24.9 Å². The van der Waals surface area contributed by atoms with Crippen LogP contribution in [-0.2, 0) is 0 Å². The highest BCUT2D eigenvalue weighted by atomic mass is 32.2. The summed E-state index contributed by atoms with van der Waals surface area (Å²) in [4.78, 5) is 4.49. The maximum absolute atomic E-state index is 4.49. The molecule has 1 heterocycles. The molecule has 0 unspecified atom stereocenters. The summed E-state index contributed by atoms with van der Waals surface area (Å²) >= 11 is 1.70. The van der Waals surface area contributed by atoms with Crippen molar-refractivity contribution in [3.63, 3.8) is 0 Å². The summed E-state index contributed by atoms with van der Waals surface area (Å²) in [5.41, 5.74) is 0. The zero-order valence-electron chi connectivity index (χ0n) is 7.24. The lowest BCUT2D eigenvalue weighted by Crippen LogP contribution is -2.14. The molecule has 0 fully saturated rings. The van der Waals surface area contributed by atoms with E-state index in [0.29, 0.717) is 6.04 Å². The van der Waals surface area contributed by atoms with Gasteiger partial charge in [-0.05, 0) is 25.8 Å². The average Bonchev–Trinajstić information content (AvgIpc) is 2.34.